The zero-order valence-corrected chi connectivity index (χ0v) is 20.4. The highest BCUT2D eigenvalue weighted by Gasteiger charge is 2.27. The number of aryl methyl sites for hydroxylation is 1. The minimum atomic E-state index is -0.326. The number of hydrogen-bond acceptors (Lipinski definition) is 5. The molecule has 1 N–H and O–H groups in total. The molecular formula is C27H31FN2O5. The lowest BCUT2D eigenvalue weighted by Crippen LogP contribution is -2.39. The van der Waals surface area contributed by atoms with Crippen molar-refractivity contribution in [1.82, 2.24) is 9.88 Å². The molecule has 1 aliphatic rings. The quantitative estimate of drug-likeness (QED) is 0.467. The lowest BCUT2D eigenvalue weighted by Gasteiger charge is -2.25. The summed E-state index contributed by atoms with van der Waals surface area (Å²) in [6, 6.07) is 10.1. The summed E-state index contributed by atoms with van der Waals surface area (Å²) < 4.78 is 31.8. The van der Waals surface area contributed by atoms with Crippen molar-refractivity contribution in [3.8, 4) is 11.5 Å². The van der Waals surface area contributed by atoms with Crippen LogP contribution < -0.4 is 14.8 Å². The maximum Gasteiger partial charge on any atom is 0.325 e. The molecule has 4 rings (SSSR count). The molecule has 186 valence electrons. The van der Waals surface area contributed by atoms with Gasteiger partial charge in [-0.25, -0.2) is 4.39 Å². The Bertz CT molecular complexity index is 1240. The van der Waals surface area contributed by atoms with Crippen LogP contribution in [0.25, 0.3) is 10.9 Å². The number of hydrogen-bond donors (Lipinski definition) is 1. The molecule has 7 nitrogen and oxygen atoms in total. The first kappa shape index (κ1) is 24.6. The van der Waals surface area contributed by atoms with Crippen LogP contribution in [0.2, 0.25) is 0 Å². The van der Waals surface area contributed by atoms with Crippen LogP contribution in [0.5, 0.6) is 11.5 Å². The average Bonchev–Trinajstić information content (AvgIpc) is 3.14. The maximum atomic E-state index is 14.1. The van der Waals surface area contributed by atoms with Crippen molar-refractivity contribution in [2.45, 2.75) is 51.6 Å². The van der Waals surface area contributed by atoms with E-state index in [2.05, 4.69) is 5.32 Å². The summed E-state index contributed by atoms with van der Waals surface area (Å²) in [5.41, 5.74) is 3.74. The summed E-state index contributed by atoms with van der Waals surface area (Å²) in [6.45, 7) is 2.17. The fourth-order valence-electron chi connectivity index (χ4n) is 4.87. The van der Waals surface area contributed by atoms with Crippen molar-refractivity contribution in [1.29, 1.82) is 0 Å². The number of esters is 1. The van der Waals surface area contributed by atoms with Crippen LogP contribution in [0.4, 0.5) is 4.39 Å². The van der Waals surface area contributed by atoms with Gasteiger partial charge in [0.15, 0.2) is 0 Å². The molecule has 1 atom stereocenters. The number of halogens is 1. The van der Waals surface area contributed by atoms with E-state index in [4.69, 9.17) is 14.2 Å². The smallest absolute Gasteiger partial charge is 0.325 e. The number of fused-ring (bicyclic) bond motifs is 3. The first-order valence-electron chi connectivity index (χ1n) is 11.9. The largest absolute Gasteiger partial charge is 0.497 e. The van der Waals surface area contributed by atoms with Gasteiger partial charge in [0.25, 0.3) is 0 Å². The topological polar surface area (TPSA) is 78.8 Å². The predicted octanol–water partition coefficient (Wildman–Crippen LogP) is 3.97. The van der Waals surface area contributed by atoms with Gasteiger partial charge in [-0.15, -0.1) is 0 Å². The van der Waals surface area contributed by atoms with Crippen molar-refractivity contribution in [2.75, 3.05) is 20.8 Å². The normalized spacial score (nSPS) is 14.9. The number of nitrogens with zero attached hydrogens (tertiary/aromatic N) is 1. The Morgan fingerprint density at radius 2 is 1.97 bits per heavy atom. The zero-order valence-electron chi connectivity index (χ0n) is 20.4. The number of ether oxygens (including phenoxy) is 3. The third-order valence-electron chi connectivity index (χ3n) is 6.50. The van der Waals surface area contributed by atoms with Crippen LogP contribution >= 0.6 is 0 Å². The molecule has 1 heterocycles. The Hall–Kier alpha value is -3.55. The van der Waals surface area contributed by atoms with Gasteiger partial charge in [0.05, 0.1) is 20.8 Å². The monoisotopic (exact) mass is 482 g/mol. The molecule has 0 fully saturated rings. The van der Waals surface area contributed by atoms with E-state index in [0.717, 1.165) is 34.1 Å². The van der Waals surface area contributed by atoms with Crippen LogP contribution in [0.3, 0.4) is 0 Å². The van der Waals surface area contributed by atoms with E-state index < -0.39 is 0 Å². The minimum absolute atomic E-state index is 0.0437. The molecule has 0 unspecified atom stereocenters. The van der Waals surface area contributed by atoms with Gasteiger partial charge in [-0.3, -0.25) is 9.59 Å². The molecule has 1 aromatic heterocycles. The van der Waals surface area contributed by atoms with Crippen molar-refractivity contribution in [3.05, 3.63) is 59.0 Å². The fourth-order valence-corrected chi connectivity index (χ4v) is 4.87. The van der Waals surface area contributed by atoms with Gasteiger partial charge in [0, 0.05) is 35.1 Å². The van der Waals surface area contributed by atoms with E-state index in [9.17, 15) is 14.0 Å². The highest BCUT2D eigenvalue weighted by Crippen LogP contribution is 2.33. The molecule has 0 spiro atoms. The highest BCUT2D eigenvalue weighted by molar-refractivity contribution is 5.87. The number of benzene rings is 2. The number of amides is 1. The van der Waals surface area contributed by atoms with Crippen molar-refractivity contribution in [2.24, 2.45) is 0 Å². The summed E-state index contributed by atoms with van der Waals surface area (Å²) in [5.74, 6) is 0.703. The number of methoxy groups -OCH3 is 2. The van der Waals surface area contributed by atoms with Gasteiger partial charge in [-0.05, 0) is 68.0 Å². The van der Waals surface area contributed by atoms with E-state index in [1.165, 1.54) is 12.1 Å². The SMILES string of the molecule is CCOC(=O)Cn1c2c(c3cc(F)ccc31)C[C@@H](NC(=O)CCc1ccc(OC)cc1OC)CC2. The molecular weight excluding hydrogens is 451 g/mol. The van der Waals surface area contributed by atoms with Gasteiger partial charge >= 0.3 is 5.97 Å². The van der Waals surface area contributed by atoms with Gasteiger partial charge in [0.1, 0.15) is 23.9 Å². The van der Waals surface area contributed by atoms with Crippen LogP contribution in [-0.4, -0.2) is 43.3 Å². The Kier molecular flexibility index (Phi) is 7.58. The lowest BCUT2D eigenvalue weighted by atomic mass is 9.91. The first-order valence-corrected chi connectivity index (χ1v) is 11.9. The second-order valence-corrected chi connectivity index (χ2v) is 8.66. The van der Waals surface area contributed by atoms with Crippen LogP contribution in [-0.2, 0) is 40.1 Å². The summed E-state index contributed by atoms with van der Waals surface area (Å²) in [7, 11) is 3.19. The van der Waals surface area contributed by atoms with Crippen molar-refractivity contribution in [3.63, 3.8) is 0 Å². The molecule has 2 aromatic carbocycles. The molecule has 0 saturated carbocycles. The van der Waals surface area contributed by atoms with Crippen LogP contribution in [0.15, 0.2) is 36.4 Å². The third kappa shape index (κ3) is 5.42. The number of carbonyl (C=O) groups is 2. The molecule has 35 heavy (non-hydrogen) atoms. The summed E-state index contributed by atoms with van der Waals surface area (Å²) in [4.78, 5) is 25.0. The van der Waals surface area contributed by atoms with Crippen LogP contribution in [0.1, 0.15) is 36.6 Å². The Morgan fingerprint density at radius 1 is 1.14 bits per heavy atom. The fraction of sp³-hybridized carbons (Fsp3) is 0.407. The molecule has 8 heteroatoms. The molecule has 0 saturated heterocycles. The Balaban J connectivity index is 1.46. The van der Waals surface area contributed by atoms with E-state index in [1.807, 2.05) is 16.7 Å². The van der Waals surface area contributed by atoms with E-state index in [1.54, 1.807) is 33.3 Å². The van der Waals surface area contributed by atoms with Crippen molar-refractivity contribution >= 4 is 22.8 Å². The Morgan fingerprint density at radius 3 is 2.71 bits per heavy atom. The molecule has 0 radical (unpaired) electrons. The van der Waals surface area contributed by atoms with E-state index >= 15 is 0 Å². The predicted molar refractivity (Wildman–Crippen MR) is 130 cm³/mol. The molecule has 1 aliphatic carbocycles. The van der Waals surface area contributed by atoms with Gasteiger partial charge in [-0.2, -0.15) is 0 Å². The molecule has 3 aromatic rings. The molecule has 0 aliphatic heterocycles. The zero-order chi connectivity index (χ0) is 24.9. The summed E-state index contributed by atoms with van der Waals surface area (Å²) in [5, 5.41) is 3.92. The van der Waals surface area contributed by atoms with Crippen molar-refractivity contribution < 1.29 is 28.2 Å². The average molecular weight is 483 g/mol. The van der Waals surface area contributed by atoms with Gasteiger partial charge in [-0.1, -0.05) is 6.07 Å². The second kappa shape index (κ2) is 10.8. The lowest BCUT2D eigenvalue weighted by molar-refractivity contribution is -0.143. The number of aromatic nitrogens is 1. The van der Waals surface area contributed by atoms with E-state index in [-0.39, 0.29) is 30.3 Å². The highest BCUT2D eigenvalue weighted by atomic mass is 19.1. The van der Waals surface area contributed by atoms with Gasteiger partial charge < -0.3 is 24.1 Å². The molecule has 1 amide bonds. The maximum absolute atomic E-state index is 14.1. The minimum Gasteiger partial charge on any atom is -0.497 e. The number of nitrogens with one attached hydrogen (secondary N) is 1. The molecule has 0 bridgehead atoms. The Labute approximate surface area is 204 Å². The number of rotatable bonds is 9. The third-order valence-corrected chi connectivity index (χ3v) is 6.50. The van der Waals surface area contributed by atoms with E-state index in [0.29, 0.717) is 43.8 Å². The van der Waals surface area contributed by atoms with Gasteiger partial charge in [0.2, 0.25) is 5.91 Å². The number of carbonyl (C=O) groups excluding carboxylic acids is 2. The standard InChI is InChI=1S/C27H31FN2O5/c1-4-35-27(32)16-30-23-10-7-18(28)13-21(23)22-14-19(8-11-24(22)30)29-26(31)12-6-17-5-9-20(33-2)15-25(17)34-3/h5,7,9-10,13,15,19H,4,6,8,11-12,14,16H2,1-3H3,(H,29,31)/t19-/m0/s1. The summed E-state index contributed by atoms with van der Waals surface area (Å²) >= 11 is 0. The summed E-state index contributed by atoms with van der Waals surface area (Å²) in [6.07, 6.45) is 2.88. The second-order valence-electron chi connectivity index (χ2n) is 8.66. The van der Waals surface area contributed by atoms with Crippen LogP contribution in [0, 0.1) is 5.82 Å². The first-order chi connectivity index (χ1) is 16.9.